The van der Waals surface area contributed by atoms with Crippen LogP contribution in [0.1, 0.15) is 12.0 Å². The third-order valence-electron chi connectivity index (χ3n) is 6.12. The number of methoxy groups -OCH3 is 1. The summed E-state index contributed by atoms with van der Waals surface area (Å²) in [7, 11) is -2.32. The lowest BCUT2D eigenvalue weighted by Gasteiger charge is -2.35. The van der Waals surface area contributed by atoms with Crippen LogP contribution in [0, 0.1) is 12.8 Å². The summed E-state index contributed by atoms with van der Waals surface area (Å²) in [5.74, 6) is -0.414. The summed E-state index contributed by atoms with van der Waals surface area (Å²) >= 11 is 0. The minimum absolute atomic E-state index is 0.117. The number of benzene rings is 2. The maximum absolute atomic E-state index is 13.1. The number of hydrogen-bond acceptors (Lipinski definition) is 6. The Kier molecular flexibility index (Phi) is 6.31. The van der Waals surface area contributed by atoms with E-state index in [-0.39, 0.29) is 61.6 Å². The van der Waals surface area contributed by atoms with Gasteiger partial charge in [-0.15, -0.1) is 0 Å². The van der Waals surface area contributed by atoms with E-state index in [2.05, 4.69) is 0 Å². The number of amides is 2. The molecule has 1 N–H and O–H groups in total. The van der Waals surface area contributed by atoms with Gasteiger partial charge in [0.25, 0.3) is 0 Å². The van der Waals surface area contributed by atoms with Crippen molar-refractivity contribution in [3.05, 3.63) is 48.0 Å². The molecule has 2 aromatic rings. The van der Waals surface area contributed by atoms with E-state index < -0.39 is 15.9 Å². The van der Waals surface area contributed by atoms with Gasteiger partial charge in [-0.2, -0.15) is 4.31 Å². The van der Waals surface area contributed by atoms with Crippen LogP contribution in [-0.2, 0) is 19.6 Å². The number of sulfonamides is 1. The number of piperazine rings is 1. The Morgan fingerprint density at radius 1 is 1.09 bits per heavy atom. The lowest BCUT2D eigenvalue weighted by molar-refractivity contribution is -0.136. The first-order valence-corrected chi connectivity index (χ1v) is 12.2. The quantitative estimate of drug-likeness (QED) is 0.707. The van der Waals surface area contributed by atoms with E-state index in [1.807, 2.05) is 0 Å². The van der Waals surface area contributed by atoms with E-state index in [0.29, 0.717) is 11.4 Å². The topological polar surface area (TPSA) is 107 Å². The SMILES string of the molecule is COc1cccc(N2CC(C(=O)N3CCN(S(=O)(=O)c4cc(C)ccc4O)CC3)CC2=O)c1. The number of phenols is 1. The molecule has 33 heavy (non-hydrogen) atoms. The van der Waals surface area contributed by atoms with E-state index in [9.17, 15) is 23.1 Å². The number of hydrogen-bond donors (Lipinski definition) is 1. The molecule has 2 amide bonds. The molecule has 2 aromatic carbocycles. The molecule has 0 radical (unpaired) electrons. The van der Waals surface area contributed by atoms with Gasteiger partial charge in [-0.1, -0.05) is 12.1 Å². The molecule has 2 fully saturated rings. The maximum atomic E-state index is 13.1. The summed E-state index contributed by atoms with van der Waals surface area (Å²) in [5, 5.41) is 10.0. The molecule has 0 bridgehead atoms. The van der Waals surface area contributed by atoms with E-state index in [0.717, 1.165) is 5.56 Å². The Morgan fingerprint density at radius 2 is 1.82 bits per heavy atom. The van der Waals surface area contributed by atoms with Gasteiger partial charge in [0.15, 0.2) is 0 Å². The minimum atomic E-state index is -3.87. The van der Waals surface area contributed by atoms with Crippen molar-refractivity contribution in [2.45, 2.75) is 18.2 Å². The second-order valence-electron chi connectivity index (χ2n) is 8.31. The molecule has 0 aromatic heterocycles. The third-order valence-corrected chi connectivity index (χ3v) is 8.05. The van der Waals surface area contributed by atoms with Crippen LogP contribution < -0.4 is 9.64 Å². The molecule has 0 aliphatic carbocycles. The van der Waals surface area contributed by atoms with Crippen LogP contribution in [-0.4, -0.2) is 74.4 Å². The fourth-order valence-corrected chi connectivity index (χ4v) is 5.86. The van der Waals surface area contributed by atoms with Crippen molar-refractivity contribution in [2.75, 3.05) is 44.7 Å². The highest BCUT2D eigenvalue weighted by Gasteiger charge is 2.39. The maximum Gasteiger partial charge on any atom is 0.246 e. The number of aromatic hydroxyl groups is 1. The number of ether oxygens (including phenoxy) is 1. The van der Waals surface area contributed by atoms with Crippen LogP contribution >= 0.6 is 0 Å². The van der Waals surface area contributed by atoms with Crippen LogP contribution in [0.25, 0.3) is 0 Å². The molecule has 1 atom stereocenters. The van der Waals surface area contributed by atoms with Gasteiger partial charge in [-0.3, -0.25) is 9.59 Å². The van der Waals surface area contributed by atoms with Crippen LogP contribution in [0.3, 0.4) is 0 Å². The van der Waals surface area contributed by atoms with E-state index in [4.69, 9.17) is 4.74 Å². The lowest BCUT2D eigenvalue weighted by atomic mass is 10.1. The van der Waals surface area contributed by atoms with Gasteiger partial charge in [-0.05, 0) is 36.8 Å². The second-order valence-corrected chi connectivity index (χ2v) is 10.2. The van der Waals surface area contributed by atoms with Crippen molar-refractivity contribution in [2.24, 2.45) is 5.92 Å². The minimum Gasteiger partial charge on any atom is -0.507 e. The average molecular weight is 474 g/mol. The predicted molar refractivity (Wildman–Crippen MR) is 122 cm³/mol. The number of aryl methyl sites for hydroxylation is 1. The van der Waals surface area contributed by atoms with Crippen molar-refractivity contribution in [1.82, 2.24) is 9.21 Å². The summed E-state index contributed by atoms with van der Waals surface area (Å²) in [6.07, 6.45) is 0.117. The highest BCUT2D eigenvalue weighted by Crippen LogP contribution is 2.30. The Hall–Kier alpha value is -3.11. The van der Waals surface area contributed by atoms with E-state index in [1.54, 1.807) is 54.2 Å². The fourth-order valence-electron chi connectivity index (χ4n) is 4.28. The number of nitrogens with zero attached hydrogens (tertiary/aromatic N) is 3. The molecule has 2 aliphatic rings. The molecule has 0 saturated carbocycles. The predicted octanol–water partition coefficient (Wildman–Crippen LogP) is 1.60. The van der Waals surface area contributed by atoms with Gasteiger partial charge in [0.05, 0.1) is 13.0 Å². The second kappa shape index (κ2) is 9.03. The van der Waals surface area contributed by atoms with E-state index in [1.165, 1.54) is 16.4 Å². The first-order valence-electron chi connectivity index (χ1n) is 10.7. The summed E-state index contributed by atoms with van der Waals surface area (Å²) in [4.78, 5) is 28.7. The first kappa shape index (κ1) is 23.1. The van der Waals surface area contributed by atoms with Gasteiger partial charge in [0.2, 0.25) is 21.8 Å². The highest BCUT2D eigenvalue weighted by molar-refractivity contribution is 7.89. The van der Waals surface area contributed by atoms with Gasteiger partial charge < -0.3 is 19.6 Å². The Morgan fingerprint density at radius 3 is 2.52 bits per heavy atom. The third kappa shape index (κ3) is 4.53. The first-order chi connectivity index (χ1) is 15.7. The zero-order valence-electron chi connectivity index (χ0n) is 18.6. The molecule has 0 spiro atoms. The number of carbonyl (C=O) groups excluding carboxylic acids is 2. The van der Waals surface area contributed by atoms with Gasteiger partial charge in [0, 0.05) is 50.9 Å². The van der Waals surface area contributed by atoms with Gasteiger partial charge in [0.1, 0.15) is 16.4 Å². The molecular formula is C23H27N3O6S. The van der Waals surface area contributed by atoms with Crippen molar-refractivity contribution >= 4 is 27.5 Å². The standard InChI is InChI=1S/C23H27N3O6S/c1-16-6-7-20(27)21(12-16)33(30,31)25-10-8-24(9-11-25)23(29)17-13-22(28)26(15-17)18-4-3-5-19(14-18)32-2/h3-7,12,14,17,27H,8-11,13,15H2,1-2H3. The van der Waals surface area contributed by atoms with Crippen LogP contribution in [0.4, 0.5) is 5.69 Å². The monoisotopic (exact) mass is 473 g/mol. The lowest BCUT2D eigenvalue weighted by Crippen LogP contribution is -2.52. The Balaban J connectivity index is 1.40. The highest BCUT2D eigenvalue weighted by atomic mass is 32.2. The largest absolute Gasteiger partial charge is 0.507 e. The van der Waals surface area contributed by atoms with Crippen LogP contribution in [0.15, 0.2) is 47.4 Å². The van der Waals surface area contributed by atoms with Gasteiger partial charge >= 0.3 is 0 Å². The Labute approximate surface area is 193 Å². The average Bonchev–Trinajstić information content (AvgIpc) is 3.21. The zero-order valence-corrected chi connectivity index (χ0v) is 19.4. The number of rotatable bonds is 5. The fraction of sp³-hybridized carbons (Fsp3) is 0.391. The molecule has 176 valence electrons. The molecule has 9 nitrogen and oxygen atoms in total. The normalized spacial score (nSPS) is 19.7. The van der Waals surface area contributed by atoms with Crippen LogP contribution in [0.5, 0.6) is 11.5 Å². The molecule has 2 saturated heterocycles. The van der Waals surface area contributed by atoms with Gasteiger partial charge in [-0.25, -0.2) is 8.42 Å². The van der Waals surface area contributed by atoms with E-state index >= 15 is 0 Å². The molecular weight excluding hydrogens is 446 g/mol. The van der Waals surface area contributed by atoms with Crippen molar-refractivity contribution < 1.29 is 27.9 Å². The van der Waals surface area contributed by atoms with Crippen molar-refractivity contribution in [3.8, 4) is 11.5 Å². The number of carbonyl (C=O) groups is 2. The summed E-state index contributed by atoms with van der Waals surface area (Å²) in [6, 6.07) is 11.6. The van der Waals surface area contributed by atoms with Crippen LogP contribution in [0.2, 0.25) is 0 Å². The number of anilines is 1. The zero-order chi connectivity index (χ0) is 23.8. The molecule has 4 rings (SSSR count). The smallest absolute Gasteiger partial charge is 0.246 e. The molecule has 10 heteroatoms. The molecule has 2 heterocycles. The summed E-state index contributed by atoms with van der Waals surface area (Å²) < 4.78 is 32.5. The summed E-state index contributed by atoms with van der Waals surface area (Å²) in [5.41, 5.74) is 1.41. The van der Waals surface area contributed by atoms with Crippen molar-refractivity contribution in [1.29, 1.82) is 0 Å². The number of phenolic OH excluding ortho intramolecular Hbond substituents is 1. The Bertz CT molecular complexity index is 1170. The summed E-state index contributed by atoms with van der Waals surface area (Å²) in [6.45, 7) is 2.75. The van der Waals surface area contributed by atoms with Crippen molar-refractivity contribution in [3.63, 3.8) is 0 Å². The molecule has 1 unspecified atom stereocenters. The molecule has 2 aliphatic heterocycles.